The molecule has 18 heavy (non-hydrogen) atoms. The summed E-state index contributed by atoms with van der Waals surface area (Å²) in [5.41, 5.74) is 8.67. The minimum Gasteiger partial charge on any atom is -0.465 e. The normalized spacial score (nSPS) is 12.6. The number of hydrogen-bond donors (Lipinski definition) is 1. The second-order valence-electron chi connectivity index (χ2n) is 4.28. The Balaban J connectivity index is 2.22. The molecule has 2 rings (SSSR count). The van der Waals surface area contributed by atoms with Gasteiger partial charge < -0.3 is 14.9 Å². The van der Waals surface area contributed by atoms with E-state index in [1.807, 2.05) is 25.1 Å². The average Bonchev–Trinajstić information content (AvgIpc) is 2.74. The molecule has 0 saturated heterocycles. The van der Waals surface area contributed by atoms with E-state index in [1.54, 1.807) is 13.2 Å². The number of esters is 1. The molecule has 0 spiro atoms. The third kappa shape index (κ3) is 2.38. The topological polar surface area (TPSA) is 65.5 Å². The summed E-state index contributed by atoms with van der Waals surface area (Å²) < 4.78 is 10.4. The van der Waals surface area contributed by atoms with Gasteiger partial charge in [-0.2, -0.15) is 0 Å². The molecular weight excluding hydrogens is 230 g/mol. The van der Waals surface area contributed by atoms with Crippen molar-refractivity contribution in [3.63, 3.8) is 0 Å². The fourth-order valence-corrected chi connectivity index (χ4v) is 1.98. The molecule has 1 aromatic heterocycles. The summed E-state index contributed by atoms with van der Waals surface area (Å²) in [6.07, 6.45) is 2.09. The lowest BCUT2D eigenvalue weighted by Crippen LogP contribution is -2.34. The van der Waals surface area contributed by atoms with Gasteiger partial charge in [0.2, 0.25) is 0 Å². The largest absolute Gasteiger partial charge is 0.465 e. The van der Waals surface area contributed by atoms with Gasteiger partial charge >= 0.3 is 5.97 Å². The highest BCUT2D eigenvalue weighted by Crippen LogP contribution is 2.24. The molecule has 2 N–H and O–H groups in total. The van der Waals surface area contributed by atoms with Crippen molar-refractivity contribution < 1.29 is 13.9 Å². The van der Waals surface area contributed by atoms with Crippen LogP contribution in [0.1, 0.15) is 18.1 Å². The third-order valence-corrected chi connectivity index (χ3v) is 2.91. The van der Waals surface area contributed by atoms with Crippen molar-refractivity contribution in [1.29, 1.82) is 0 Å². The highest BCUT2D eigenvalue weighted by Gasteiger charge is 2.18. The van der Waals surface area contributed by atoms with Crippen molar-refractivity contribution in [2.24, 2.45) is 5.73 Å². The smallest absolute Gasteiger partial charge is 0.323 e. The molecule has 2 aromatic rings. The molecule has 0 saturated carbocycles. The number of aryl methyl sites for hydroxylation is 1. The van der Waals surface area contributed by atoms with Crippen LogP contribution in [-0.4, -0.2) is 18.6 Å². The van der Waals surface area contributed by atoms with Gasteiger partial charge in [-0.1, -0.05) is 18.2 Å². The van der Waals surface area contributed by atoms with E-state index in [2.05, 4.69) is 0 Å². The van der Waals surface area contributed by atoms with Crippen LogP contribution in [0.2, 0.25) is 0 Å². The molecule has 4 heteroatoms. The number of rotatable bonds is 4. The lowest BCUT2D eigenvalue weighted by Gasteiger charge is -2.09. The lowest BCUT2D eigenvalue weighted by molar-refractivity contribution is -0.144. The van der Waals surface area contributed by atoms with E-state index >= 15 is 0 Å². The summed E-state index contributed by atoms with van der Waals surface area (Å²) in [5.74, 6) is -0.375. The van der Waals surface area contributed by atoms with Gasteiger partial charge in [-0.25, -0.2) is 0 Å². The van der Waals surface area contributed by atoms with E-state index in [4.69, 9.17) is 14.9 Å². The number of para-hydroxylation sites is 1. The Hall–Kier alpha value is -1.81. The van der Waals surface area contributed by atoms with Gasteiger partial charge in [-0.05, 0) is 19.4 Å². The zero-order valence-electron chi connectivity index (χ0n) is 10.6. The standard InChI is InChI=1S/C14H17NO3/c1-3-17-14(16)12(15)7-10-8-18-13-9(2)5-4-6-11(10)13/h4-6,8,12H,3,7,15H2,1-2H3. The molecule has 1 aromatic carbocycles. The van der Waals surface area contributed by atoms with Crippen LogP contribution in [0.4, 0.5) is 0 Å². The summed E-state index contributed by atoms with van der Waals surface area (Å²) >= 11 is 0. The van der Waals surface area contributed by atoms with Gasteiger partial charge in [0.15, 0.2) is 0 Å². The van der Waals surface area contributed by atoms with Crippen LogP contribution < -0.4 is 5.73 Å². The third-order valence-electron chi connectivity index (χ3n) is 2.91. The minimum atomic E-state index is -0.647. The number of nitrogens with two attached hydrogens (primary N) is 1. The van der Waals surface area contributed by atoms with Gasteiger partial charge in [-0.15, -0.1) is 0 Å². The molecule has 0 bridgehead atoms. The van der Waals surface area contributed by atoms with E-state index in [0.717, 1.165) is 22.1 Å². The first-order valence-corrected chi connectivity index (χ1v) is 6.01. The first kappa shape index (κ1) is 12.6. The van der Waals surface area contributed by atoms with Crippen LogP contribution >= 0.6 is 0 Å². The van der Waals surface area contributed by atoms with Gasteiger partial charge in [0, 0.05) is 17.4 Å². The second-order valence-corrected chi connectivity index (χ2v) is 4.28. The SMILES string of the molecule is CCOC(=O)C(N)Cc1coc2c(C)cccc12. The molecular formula is C14H17NO3. The number of hydrogen-bond acceptors (Lipinski definition) is 4. The fourth-order valence-electron chi connectivity index (χ4n) is 1.98. The van der Waals surface area contributed by atoms with Gasteiger partial charge in [0.1, 0.15) is 11.6 Å². The number of furan rings is 1. The van der Waals surface area contributed by atoms with Crippen LogP contribution in [0, 0.1) is 6.92 Å². The van der Waals surface area contributed by atoms with Crippen molar-refractivity contribution in [2.45, 2.75) is 26.3 Å². The van der Waals surface area contributed by atoms with Crippen molar-refractivity contribution in [3.05, 3.63) is 35.6 Å². The summed E-state index contributed by atoms with van der Waals surface area (Å²) in [6, 6.07) is 5.28. The monoisotopic (exact) mass is 247 g/mol. The summed E-state index contributed by atoms with van der Waals surface area (Å²) in [7, 11) is 0. The van der Waals surface area contributed by atoms with E-state index < -0.39 is 6.04 Å². The summed E-state index contributed by atoms with van der Waals surface area (Å²) in [4.78, 5) is 11.5. The van der Waals surface area contributed by atoms with Gasteiger partial charge in [-0.3, -0.25) is 4.79 Å². The number of fused-ring (bicyclic) bond motifs is 1. The quantitative estimate of drug-likeness (QED) is 0.841. The maximum atomic E-state index is 11.5. The van der Waals surface area contributed by atoms with Gasteiger partial charge in [0.05, 0.1) is 12.9 Å². The molecule has 1 atom stereocenters. The number of benzene rings is 1. The first-order valence-electron chi connectivity index (χ1n) is 6.01. The molecule has 4 nitrogen and oxygen atoms in total. The molecule has 96 valence electrons. The fraction of sp³-hybridized carbons (Fsp3) is 0.357. The molecule has 1 unspecified atom stereocenters. The van der Waals surface area contributed by atoms with Crippen LogP contribution in [-0.2, 0) is 16.0 Å². The predicted molar refractivity (Wildman–Crippen MR) is 69.3 cm³/mol. The highest BCUT2D eigenvalue weighted by atomic mass is 16.5. The van der Waals surface area contributed by atoms with Crippen molar-refractivity contribution >= 4 is 16.9 Å². The molecule has 0 aliphatic rings. The number of carbonyl (C=O) groups excluding carboxylic acids is 1. The molecule has 0 aliphatic heterocycles. The Morgan fingerprint density at radius 3 is 3.00 bits per heavy atom. The van der Waals surface area contributed by atoms with Crippen LogP contribution in [0.25, 0.3) is 11.0 Å². The van der Waals surface area contributed by atoms with E-state index in [0.29, 0.717) is 13.0 Å². The maximum Gasteiger partial charge on any atom is 0.323 e. The highest BCUT2D eigenvalue weighted by molar-refractivity contribution is 5.85. The van der Waals surface area contributed by atoms with E-state index in [-0.39, 0.29) is 5.97 Å². The Labute approximate surface area is 106 Å². The number of carbonyl (C=O) groups is 1. The Bertz CT molecular complexity index is 559. The zero-order valence-corrected chi connectivity index (χ0v) is 10.6. The Morgan fingerprint density at radius 1 is 1.50 bits per heavy atom. The minimum absolute atomic E-state index is 0.345. The first-order chi connectivity index (χ1) is 8.63. The summed E-state index contributed by atoms with van der Waals surface area (Å²) in [6.45, 7) is 4.10. The van der Waals surface area contributed by atoms with E-state index in [9.17, 15) is 4.79 Å². The number of ether oxygens (including phenoxy) is 1. The van der Waals surface area contributed by atoms with Gasteiger partial charge in [0.25, 0.3) is 0 Å². The van der Waals surface area contributed by atoms with E-state index in [1.165, 1.54) is 0 Å². The van der Waals surface area contributed by atoms with Crippen LogP contribution in [0.15, 0.2) is 28.9 Å². The predicted octanol–water partition coefficient (Wildman–Crippen LogP) is 2.17. The average molecular weight is 247 g/mol. The molecule has 1 heterocycles. The van der Waals surface area contributed by atoms with Crippen LogP contribution in [0.3, 0.4) is 0 Å². The molecule has 0 amide bonds. The van der Waals surface area contributed by atoms with Crippen LogP contribution in [0.5, 0.6) is 0 Å². The Kier molecular flexibility index (Phi) is 3.67. The van der Waals surface area contributed by atoms with Crippen molar-refractivity contribution in [1.82, 2.24) is 0 Å². The zero-order chi connectivity index (χ0) is 13.1. The maximum absolute atomic E-state index is 11.5. The second kappa shape index (κ2) is 5.23. The molecule has 0 fully saturated rings. The molecule has 0 radical (unpaired) electrons. The van der Waals surface area contributed by atoms with Crippen molar-refractivity contribution in [3.8, 4) is 0 Å². The van der Waals surface area contributed by atoms with Crippen molar-refractivity contribution in [2.75, 3.05) is 6.61 Å². The molecule has 0 aliphatic carbocycles. The summed E-state index contributed by atoms with van der Waals surface area (Å²) in [5, 5.41) is 1.01. The lowest BCUT2D eigenvalue weighted by atomic mass is 10.0. The Morgan fingerprint density at radius 2 is 2.28 bits per heavy atom.